The number of imidazole rings is 1. The first-order valence-electron chi connectivity index (χ1n) is 7.09. The second-order valence-electron chi connectivity index (χ2n) is 6.08. The van der Waals surface area contributed by atoms with Crippen molar-refractivity contribution in [1.82, 2.24) is 29.6 Å². The fraction of sp³-hybridized carbons (Fsp3) is 0.429. The Bertz CT molecular complexity index is 970. The number of hydrogen-bond acceptors (Lipinski definition) is 6. The molecule has 0 aliphatic rings. The Hall–Kier alpha value is -2.29. The lowest BCUT2D eigenvalue weighted by atomic mass is 10.2. The van der Waals surface area contributed by atoms with Crippen LogP contribution in [0.4, 0.5) is 0 Å². The first kappa shape index (κ1) is 15.6. The van der Waals surface area contributed by atoms with Crippen molar-refractivity contribution in [2.24, 2.45) is 0 Å². The van der Waals surface area contributed by atoms with Crippen molar-refractivity contribution in [2.45, 2.75) is 32.1 Å². The Morgan fingerprint density at radius 3 is 2.70 bits per heavy atom. The molecule has 9 heteroatoms. The average Bonchev–Trinajstić information content (AvgIpc) is 3.05. The van der Waals surface area contributed by atoms with Crippen LogP contribution < -0.4 is 0 Å². The van der Waals surface area contributed by atoms with Crippen molar-refractivity contribution in [3.05, 3.63) is 41.6 Å². The number of hydrogen-bond donors (Lipinski definition) is 0. The maximum absolute atomic E-state index is 11.8. The Kier molecular flexibility index (Phi) is 3.47. The number of nitrogens with zero attached hydrogens (tertiary/aromatic N) is 6. The van der Waals surface area contributed by atoms with Crippen molar-refractivity contribution < 1.29 is 8.42 Å². The van der Waals surface area contributed by atoms with E-state index in [4.69, 9.17) is 0 Å². The Morgan fingerprint density at radius 2 is 2.04 bits per heavy atom. The number of aryl methyl sites for hydroxylation is 1. The number of sulfone groups is 1. The molecule has 122 valence electrons. The van der Waals surface area contributed by atoms with Gasteiger partial charge in [-0.15, -0.1) is 10.2 Å². The quantitative estimate of drug-likeness (QED) is 0.705. The van der Waals surface area contributed by atoms with Gasteiger partial charge >= 0.3 is 0 Å². The lowest BCUT2D eigenvalue weighted by Gasteiger charge is -2.17. The minimum Gasteiger partial charge on any atom is -0.307 e. The summed E-state index contributed by atoms with van der Waals surface area (Å²) < 4.78 is 24.4. The van der Waals surface area contributed by atoms with E-state index < -0.39 is 14.6 Å². The summed E-state index contributed by atoms with van der Waals surface area (Å²) in [6.45, 7) is 5.45. The van der Waals surface area contributed by atoms with E-state index in [1.54, 1.807) is 13.8 Å². The third kappa shape index (κ3) is 2.72. The molecule has 0 aliphatic heterocycles. The van der Waals surface area contributed by atoms with Crippen LogP contribution in [0.25, 0.3) is 5.65 Å². The Labute approximate surface area is 134 Å². The second kappa shape index (κ2) is 5.12. The summed E-state index contributed by atoms with van der Waals surface area (Å²) in [4.78, 5) is 5.90. The van der Waals surface area contributed by atoms with Crippen LogP contribution in [-0.4, -0.2) is 44.3 Å². The van der Waals surface area contributed by atoms with Crippen molar-refractivity contribution in [2.75, 3.05) is 6.26 Å². The number of fused-ring (bicyclic) bond motifs is 1. The second-order valence-corrected chi connectivity index (χ2v) is 8.65. The summed E-state index contributed by atoms with van der Waals surface area (Å²) in [5.41, 5.74) is 2.73. The molecule has 0 aliphatic carbocycles. The molecular weight excluding hydrogens is 316 g/mol. The van der Waals surface area contributed by atoms with Crippen molar-refractivity contribution in [1.29, 1.82) is 0 Å². The molecule has 0 fully saturated rings. The summed E-state index contributed by atoms with van der Waals surface area (Å²) in [6.07, 6.45) is 4.98. The lowest BCUT2D eigenvalue weighted by molar-refractivity contribution is 0.539. The maximum atomic E-state index is 11.8. The summed E-state index contributed by atoms with van der Waals surface area (Å²) in [5.74, 6) is 0.181. The maximum Gasteiger partial charge on any atom is 0.195 e. The van der Waals surface area contributed by atoms with Gasteiger partial charge in [0.2, 0.25) is 0 Å². The zero-order valence-electron chi connectivity index (χ0n) is 13.4. The summed E-state index contributed by atoms with van der Waals surface area (Å²) in [6, 6.07) is 3.95. The summed E-state index contributed by atoms with van der Waals surface area (Å²) in [5, 5.41) is 12.0. The number of rotatable bonds is 4. The van der Waals surface area contributed by atoms with Crippen LogP contribution in [0.15, 0.2) is 24.5 Å². The van der Waals surface area contributed by atoms with Crippen LogP contribution in [0.1, 0.15) is 30.9 Å². The first-order chi connectivity index (χ1) is 10.7. The van der Waals surface area contributed by atoms with Gasteiger partial charge in [-0.1, -0.05) is 6.07 Å². The van der Waals surface area contributed by atoms with Crippen molar-refractivity contribution in [3.8, 4) is 0 Å². The summed E-state index contributed by atoms with van der Waals surface area (Å²) >= 11 is 0. The number of tetrazole rings is 1. The van der Waals surface area contributed by atoms with Gasteiger partial charge in [0, 0.05) is 18.6 Å². The van der Waals surface area contributed by atoms with Gasteiger partial charge in [-0.3, -0.25) is 0 Å². The molecule has 0 N–H and O–H groups in total. The molecule has 3 aromatic rings. The third-order valence-corrected chi connectivity index (χ3v) is 5.99. The molecule has 8 nitrogen and oxygen atoms in total. The van der Waals surface area contributed by atoms with Gasteiger partial charge < -0.3 is 4.40 Å². The monoisotopic (exact) mass is 334 g/mol. The molecule has 0 unspecified atom stereocenters. The van der Waals surface area contributed by atoms with Gasteiger partial charge in [0.15, 0.2) is 15.7 Å². The standard InChI is InChI=1S/C14H18N6O2S/c1-10-6-5-7-19-8-11(15-12(10)19)9-20-17-13(16-18-20)14(2,3)23(4,21)22/h5-8H,9H2,1-4H3. The molecule has 0 spiro atoms. The van der Waals surface area contributed by atoms with Gasteiger partial charge in [0.1, 0.15) is 16.9 Å². The fourth-order valence-corrected chi connectivity index (χ4v) is 2.56. The molecule has 0 amide bonds. The zero-order valence-corrected chi connectivity index (χ0v) is 14.2. The van der Waals surface area contributed by atoms with Gasteiger partial charge in [-0.05, 0) is 37.6 Å². The smallest absolute Gasteiger partial charge is 0.195 e. The topological polar surface area (TPSA) is 95.0 Å². The van der Waals surface area contributed by atoms with Crippen LogP contribution in [0.2, 0.25) is 0 Å². The Morgan fingerprint density at radius 1 is 1.30 bits per heavy atom. The highest BCUT2D eigenvalue weighted by Crippen LogP contribution is 2.25. The molecule has 0 bridgehead atoms. The van der Waals surface area contributed by atoms with E-state index in [2.05, 4.69) is 20.4 Å². The highest BCUT2D eigenvalue weighted by molar-refractivity contribution is 7.91. The molecular formula is C14H18N6O2S. The van der Waals surface area contributed by atoms with Gasteiger partial charge in [-0.2, -0.15) is 4.80 Å². The molecule has 3 aromatic heterocycles. The molecule has 3 heterocycles. The number of pyridine rings is 1. The minimum absolute atomic E-state index is 0.181. The van der Waals surface area contributed by atoms with Gasteiger partial charge in [0.05, 0.1) is 5.69 Å². The predicted molar refractivity (Wildman–Crippen MR) is 84.7 cm³/mol. The molecule has 0 saturated heterocycles. The van der Waals surface area contributed by atoms with E-state index in [0.717, 1.165) is 16.9 Å². The molecule has 0 radical (unpaired) electrons. The molecule has 0 atom stereocenters. The minimum atomic E-state index is -3.34. The van der Waals surface area contributed by atoms with Crippen molar-refractivity contribution in [3.63, 3.8) is 0 Å². The first-order valence-corrected chi connectivity index (χ1v) is 8.99. The van der Waals surface area contributed by atoms with Gasteiger partial charge in [0.25, 0.3) is 0 Å². The summed E-state index contributed by atoms with van der Waals surface area (Å²) in [7, 11) is -3.34. The van der Waals surface area contributed by atoms with E-state index >= 15 is 0 Å². The molecule has 0 saturated carbocycles. The van der Waals surface area contributed by atoms with E-state index in [9.17, 15) is 8.42 Å². The normalized spacial score (nSPS) is 12.9. The lowest BCUT2D eigenvalue weighted by Crippen LogP contribution is -2.29. The molecule has 23 heavy (non-hydrogen) atoms. The predicted octanol–water partition coefficient (Wildman–Crippen LogP) is 0.957. The molecule has 3 rings (SSSR count). The van der Waals surface area contributed by atoms with Crippen LogP contribution >= 0.6 is 0 Å². The SMILES string of the molecule is Cc1cccn2cc(Cn3nnc(C(C)(C)S(C)(=O)=O)n3)nc12. The van der Waals surface area contributed by atoms with E-state index in [1.807, 2.05) is 35.9 Å². The zero-order chi connectivity index (χ0) is 16.8. The third-order valence-electron chi connectivity index (χ3n) is 3.95. The van der Waals surface area contributed by atoms with Crippen LogP contribution in [0, 0.1) is 6.92 Å². The van der Waals surface area contributed by atoms with E-state index in [1.165, 1.54) is 11.1 Å². The molecule has 0 aromatic carbocycles. The van der Waals surface area contributed by atoms with Gasteiger partial charge in [-0.25, -0.2) is 13.4 Å². The van der Waals surface area contributed by atoms with Crippen LogP contribution in [0.5, 0.6) is 0 Å². The highest BCUT2D eigenvalue weighted by atomic mass is 32.2. The van der Waals surface area contributed by atoms with Crippen LogP contribution in [-0.2, 0) is 21.1 Å². The van der Waals surface area contributed by atoms with E-state index in [-0.39, 0.29) is 5.82 Å². The Balaban J connectivity index is 1.90. The van der Waals surface area contributed by atoms with E-state index in [0.29, 0.717) is 6.54 Å². The number of aromatic nitrogens is 6. The van der Waals surface area contributed by atoms with Crippen LogP contribution in [0.3, 0.4) is 0 Å². The van der Waals surface area contributed by atoms with Crippen molar-refractivity contribution >= 4 is 15.5 Å². The average molecular weight is 334 g/mol. The fourth-order valence-electron chi connectivity index (χ4n) is 2.14. The largest absolute Gasteiger partial charge is 0.307 e. The highest BCUT2D eigenvalue weighted by Gasteiger charge is 2.37.